The van der Waals surface area contributed by atoms with Gasteiger partial charge in [-0.15, -0.1) is 0 Å². The molecule has 0 aromatic rings. The number of rotatable bonds is 7. The van der Waals surface area contributed by atoms with Crippen molar-refractivity contribution in [3.05, 3.63) is 0 Å². The molecule has 13 heavy (non-hydrogen) atoms. The van der Waals surface area contributed by atoms with E-state index >= 15 is 0 Å². The van der Waals surface area contributed by atoms with Crippen LogP contribution in [0.1, 0.15) is 45.4 Å². The summed E-state index contributed by atoms with van der Waals surface area (Å²) in [5.74, 6) is -0.0842. The molecule has 0 aliphatic rings. The Bertz CT molecular complexity index is 190. The van der Waals surface area contributed by atoms with Crippen molar-refractivity contribution in [2.24, 2.45) is 0 Å². The summed E-state index contributed by atoms with van der Waals surface area (Å²) >= 11 is 0. The molecular formula is C8H19NaO3S. The minimum absolute atomic E-state index is 0. The minimum atomic E-state index is -3.72. The molecule has 0 saturated heterocycles. The van der Waals surface area contributed by atoms with Crippen LogP contribution in [0.4, 0.5) is 0 Å². The summed E-state index contributed by atoms with van der Waals surface area (Å²) in [5.41, 5.74) is 0. The molecule has 0 saturated carbocycles. The van der Waals surface area contributed by atoms with Gasteiger partial charge in [-0.05, 0) is 6.42 Å². The van der Waals surface area contributed by atoms with Gasteiger partial charge >= 0.3 is 29.6 Å². The number of unbranched alkanes of at least 4 members (excludes halogenated alkanes) is 5. The van der Waals surface area contributed by atoms with E-state index in [0.29, 0.717) is 6.42 Å². The van der Waals surface area contributed by atoms with Gasteiger partial charge in [0.1, 0.15) is 0 Å². The Kier molecular flexibility index (Phi) is 11.9. The first-order valence-electron chi connectivity index (χ1n) is 4.51. The Morgan fingerprint density at radius 2 is 1.46 bits per heavy atom. The second-order valence-electron chi connectivity index (χ2n) is 3.05. The van der Waals surface area contributed by atoms with Crippen LogP contribution in [0.2, 0.25) is 0 Å². The van der Waals surface area contributed by atoms with Gasteiger partial charge in [0, 0.05) is 0 Å². The van der Waals surface area contributed by atoms with Crippen LogP contribution < -0.4 is 0 Å². The molecule has 0 amide bonds. The van der Waals surface area contributed by atoms with Crippen LogP contribution in [-0.4, -0.2) is 48.3 Å². The fourth-order valence-corrected chi connectivity index (χ4v) is 1.63. The van der Waals surface area contributed by atoms with Gasteiger partial charge in [-0.3, -0.25) is 4.55 Å². The van der Waals surface area contributed by atoms with E-state index in [9.17, 15) is 8.42 Å². The summed E-state index contributed by atoms with van der Waals surface area (Å²) in [6.07, 6.45) is 6.14. The van der Waals surface area contributed by atoms with Crippen LogP contribution >= 0.6 is 0 Å². The van der Waals surface area contributed by atoms with Crippen LogP contribution in [0.5, 0.6) is 0 Å². The van der Waals surface area contributed by atoms with Crippen molar-refractivity contribution in [3.63, 3.8) is 0 Å². The van der Waals surface area contributed by atoms with E-state index in [1.807, 2.05) is 0 Å². The van der Waals surface area contributed by atoms with E-state index in [-0.39, 0.29) is 35.3 Å². The molecule has 0 aromatic carbocycles. The molecule has 0 heterocycles. The van der Waals surface area contributed by atoms with Crippen LogP contribution in [0.3, 0.4) is 0 Å². The van der Waals surface area contributed by atoms with Crippen molar-refractivity contribution in [1.29, 1.82) is 0 Å². The van der Waals surface area contributed by atoms with Gasteiger partial charge in [0.2, 0.25) is 0 Å². The SMILES string of the molecule is CCCCCCCCS(=O)(=O)O.[NaH]. The fourth-order valence-electron chi connectivity index (χ4n) is 1.06. The van der Waals surface area contributed by atoms with Gasteiger partial charge in [0.25, 0.3) is 10.1 Å². The molecule has 1 N–H and O–H groups in total. The van der Waals surface area contributed by atoms with Crippen LogP contribution in [0.25, 0.3) is 0 Å². The summed E-state index contributed by atoms with van der Waals surface area (Å²) in [4.78, 5) is 0. The average molecular weight is 218 g/mol. The molecule has 0 atom stereocenters. The van der Waals surface area contributed by atoms with Crippen LogP contribution in [-0.2, 0) is 10.1 Å². The third kappa shape index (κ3) is 15.6. The summed E-state index contributed by atoms with van der Waals surface area (Å²) in [7, 11) is -3.72. The summed E-state index contributed by atoms with van der Waals surface area (Å²) in [6.45, 7) is 2.14. The molecule has 0 bridgehead atoms. The van der Waals surface area contributed by atoms with Crippen LogP contribution in [0, 0.1) is 0 Å². The Balaban J connectivity index is 0. The molecule has 5 heteroatoms. The van der Waals surface area contributed by atoms with E-state index < -0.39 is 10.1 Å². The van der Waals surface area contributed by atoms with Crippen molar-refractivity contribution >= 4 is 39.7 Å². The van der Waals surface area contributed by atoms with Crippen molar-refractivity contribution in [1.82, 2.24) is 0 Å². The molecule has 0 aliphatic heterocycles. The zero-order valence-electron chi connectivity index (χ0n) is 7.62. The zero-order valence-corrected chi connectivity index (χ0v) is 8.44. The van der Waals surface area contributed by atoms with Gasteiger partial charge in [-0.2, -0.15) is 8.42 Å². The maximum atomic E-state index is 10.3. The predicted molar refractivity (Wildman–Crippen MR) is 56.9 cm³/mol. The molecule has 0 spiro atoms. The molecular weight excluding hydrogens is 199 g/mol. The predicted octanol–water partition coefficient (Wildman–Crippen LogP) is 1.59. The fraction of sp³-hybridized carbons (Fsp3) is 1.00. The molecule has 0 radical (unpaired) electrons. The van der Waals surface area contributed by atoms with E-state index in [1.54, 1.807) is 0 Å². The van der Waals surface area contributed by atoms with Crippen molar-refractivity contribution in [3.8, 4) is 0 Å². The summed E-state index contributed by atoms with van der Waals surface area (Å²) in [6, 6.07) is 0. The van der Waals surface area contributed by atoms with Gasteiger partial charge in [-0.1, -0.05) is 39.0 Å². The third-order valence-corrected chi connectivity index (χ3v) is 2.56. The van der Waals surface area contributed by atoms with E-state index in [2.05, 4.69) is 6.92 Å². The standard InChI is InChI=1S/C8H18O3S.Na.H/c1-2-3-4-5-6-7-8-12(9,10)11;;/h2-8H2,1H3,(H,9,10,11);;. The topological polar surface area (TPSA) is 54.4 Å². The Morgan fingerprint density at radius 1 is 1.00 bits per heavy atom. The summed E-state index contributed by atoms with van der Waals surface area (Å²) in [5, 5.41) is 0. The van der Waals surface area contributed by atoms with Gasteiger partial charge in [-0.25, -0.2) is 0 Å². The van der Waals surface area contributed by atoms with E-state index in [0.717, 1.165) is 12.8 Å². The number of hydrogen-bond donors (Lipinski definition) is 1. The molecule has 3 nitrogen and oxygen atoms in total. The molecule has 0 aliphatic carbocycles. The molecule has 76 valence electrons. The van der Waals surface area contributed by atoms with Crippen LogP contribution in [0.15, 0.2) is 0 Å². The second-order valence-corrected chi connectivity index (χ2v) is 4.63. The quantitative estimate of drug-likeness (QED) is 0.401. The molecule has 0 aromatic heterocycles. The van der Waals surface area contributed by atoms with E-state index in [1.165, 1.54) is 19.3 Å². The average Bonchev–Trinajstić information content (AvgIpc) is 1.94. The number of hydrogen-bond acceptors (Lipinski definition) is 2. The molecule has 0 unspecified atom stereocenters. The van der Waals surface area contributed by atoms with Gasteiger partial charge < -0.3 is 0 Å². The second kappa shape index (κ2) is 9.46. The maximum absolute atomic E-state index is 10.3. The van der Waals surface area contributed by atoms with Crippen molar-refractivity contribution in [2.75, 3.05) is 5.75 Å². The Hall–Kier alpha value is 0.910. The Labute approximate surface area is 103 Å². The normalized spacial score (nSPS) is 10.9. The Morgan fingerprint density at radius 3 is 1.92 bits per heavy atom. The monoisotopic (exact) mass is 218 g/mol. The van der Waals surface area contributed by atoms with Gasteiger partial charge in [0.05, 0.1) is 5.75 Å². The van der Waals surface area contributed by atoms with Crippen molar-refractivity contribution in [2.45, 2.75) is 45.4 Å². The first kappa shape index (κ1) is 16.3. The first-order valence-corrected chi connectivity index (χ1v) is 6.12. The third-order valence-electron chi connectivity index (χ3n) is 1.76. The van der Waals surface area contributed by atoms with Crippen molar-refractivity contribution < 1.29 is 13.0 Å². The van der Waals surface area contributed by atoms with Gasteiger partial charge in [0.15, 0.2) is 0 Å². The zero-order chi connectivity index (χ0) is 9.45. The first-order chi connectivity index (χ1) is 5.56. The molecule has 0 fully saturated rings. The summed E-state index contributed by atoms with van der Waals surface area (Å²) < 4.78 is 28.9. The molecule has 0 rings (SSSR count). The van der Waals surface area contributed by atoms with E-state index in [4.69, 9.17) is 4.55 Å².